The average molecular weight is 324 g/mol. The highest BCUT2D eigenvalue weighted by Gasteiger charge is 2.34. The molecule has 0 aliphatic heterocycles. The van der Waals surface area contributed by atoms with E-state index in [1.165, 1.54) is 6.07 Å². The van der Waals surface area contributed by atoms with Crippen LogP contribution in [0.15, 0.2) is 23.1 Å². The Morgan fingerprint density at radius 1 is 1.38 bits per heavy atom. The Morgan fingerprint density at radius 3 is 2.62 bits per heavy atom. The van der Waals surface area contributed by atoms with Gasteiger partial charge in [-0.2, -0.15) is 17.0 Å². The largest absolute Gasteiger partial charge is 0.240 e. The van der Waals surface area contributed by atoms with Crippen molar-refractivity contribution in [3.63, 3.8) is 0 Å². The van der Waals surface area contributed by atoms with Gasteiger partial charge in [-0.25, -0.2) is 13.1 Å². The van der Waals surface area contributed by atoms with Crippen LogP contribution in [0.2, 0.25) is 0 Å². The van der Waals surface area contributed by atoms with Crippen molar-refractivity contribution in [2.24, 2.45) is 0 Å². The van der Waals surface area contributed by atoms with Crippen LogP contribution in [0.5, 0.6) is 0 Å². The van der Waals surface area contributed by atoms with Crippen molar-refractivity contribution in [1.29, 1.82) is 5.26 Å². The number of thioether (sulfide) groups is 1. The normalized spacial score (nSPS) is 17.6. The summed E-state index contributed by atoms with van der Waals surface area (Å²) in [4.78, 5) is 0.204. The lowest BCUT2D eigenvalue weighted by atomic mass is 10.1. The third-order valence-electron chi connectivity index (χ3n) is 4.14. The molecule has 1 aromatic carbocycles. The fraction of sp³-hybridized carbons (Fsp3) is 0.533. The van der Waals surface area contributed by atoms with E-state index in [9.17, 15) is 8.42 Å². The zero-order valence-electron chi connectivity index (χ0n) is 12.3. The molecule has 0 heterocycles. The van der Waals surface area contributed by atoms with Gasteiger partial charge in [-0.1, -0.05) is 18.9 Å². The van der Waals surface area contributed by atoms with Crippen molar-refractivity contribution in [3.05, 3.63) is 29.3 Å². The molecule has 0 amide bonds. The smallest absolute Gasteiger partial charge is 0.210 e. The van der Waals surface area contributed by atoms with Crippen LogP contribution in [0.3, 0.4) is 0 Å². The molecule has 1 fully saturated rings. The van der Waals surface area contributed by atoms with E-state index in [1.54, 1.807) is 30.8 Å². The first-order chi connectivity index (χ1) is 9.92. The molecule has 0 aromatic heterocycles. The van der Waals surface area contributed by atoms with Gasteiger partial charge in [0.25, 0.3) is 0 Å². The third kappa shape index (κ3) is 3.60. The van der Waals surface area contributed by atoms with Gasteiger partial charge in [0, 0.05) is 11.3 Å². The van der Waals surface area contributed by atoms with Gasteiger partial charge in [-0.05, 0) is 43.7 Å². The van der Waals surface area contributed by atoms with Crippen LogP contribution in [0.25, 0.3) is 0 Å². The Labute approximate surface area is 131 Å². The summed E-state index contributed by atoms with van der Waals surface area (Å²) >= 11 is 1.75. The monoisotopic (exact) mass is 324 g/mol. The van der Waals surface area contributed by atoms with E-state index in [0.717, 1.165) is 25.7 Å². The van der Waals surface area contributed by atoms with Gasteiger partial charge in [-0.3, -0.25) is 0 Å². The van der Waals surface area contributed by atoms with E-state index in [-0.39, 0.29) is 9.64 Å². The number of benzene rings is 1. The van der Waals surface area contributed by atoms with Gasteiger partial charge in [0.1, 0.15) is 0 Å². The topological polar surface area (TPSA) is 70.0 Å². The highest BCUT2D eigenvalue weighted by Crippen LogP contribution is 2.39. The lowest BCUT2D eigenvalue weighted by Crippen LogP contribution is -2.38. The van der Waals surface area contributed by atoms with Gasteiger partial charge in [-0.15, -0.1) is 0 Å². The molecule has 0 radical (unpaired) electrons. The van der Waals surface area contributed by atoms with Crippen molar-refractivity contribution in [1.82, 2.24) is 4.72 Å². The van der Waals surface area contributed by atoms with Gasteiger partial charge in [0.05, 0.1) is 16.5 Å². The molecule has 4 nitrogen and oxygen atoms in total. The zero-order chi connectivity index (χ0) is 15.5. The molecule has 0 atom stereocenters. The summed E-state index contributed by atoms with van der Waals surface area (Å²) < 4.78 is 27.8. The van der Waals surface area contributed by atoms with Crippen molar-refractivity contribution in [2.75, 3.05) is 12.8 Å². The fourth-order valence-electron chi connectivity index (χ4n) is 2.74. The average Bonchev–Trinajstić information content (AvgIpc) is 2.95. The summed E-state index contributed by atoms with van der Waals surface area (Å²) in [6.45, 7) is 2.20. The maximum absolute atomic E-state index is 12.5. The number of hydrogen-bond donors (Lipinski definition) is 1. The fourth-order valence-corrected chi connectivity index (χ4v) is 5.14. The van der Waals surface area contributed by atoms with Crippen LogP contribution in [0, 0.1) is 18.3 Å². The van der Waals surface area contributed by atoms with E-state index in [2.05, 4.69) is 4.72 Å². The van der Waals surface area contributed by atoms with Gasteiger partial charge < -0.3 is 0 Å². The summed E-state index contributed by atoms with van der Waals surface area (Å²) in [5, 5.41) is 8.93. The molecule has 0 bridgehead atoms. The number of sulfonamides is 1. The summed E-state index contributed by atoms with van der Waals surface area (Å²) in [5.74, 6) is 0. The Balaban J connectivity index is 2.21. The van der Waals surface area contributed by atoms with Gasteiger partial charge >= 0.3 is 0 Å². The quantitative estimate of drug-likeness (QED) is 0.904. The highest BCUT2D eigenvalue weighted by molar-refractivity contribution is 8.00. The van der Waals surface area contributed by atoms with E-state index in [0.29, 0.717) is 17.7 Å². The molecule has 1 N–H and O–H groups in total. The molecular formula is C15H20N2O2S2. The van der Waals surface area contributed by atoms with Crippen LogP contribution >= 0.6 is 11.8 Å². The summed E-state index contributed by atoms with van der Waals surface area (Å²) in [6.07, 6.45) is 6.46. The molecule has 1 saturated carbocycles. The number of aryl methyl sites for hydroxylation is 1. The van der Waals surface area contributed by atoms with Crippen LogP contribution in [0.1, 0.15) is 36.8 Å². The molecule has 21 heavy (non-hydrogen) atoms. The zero-order valence-corrected chi connectivity index (χ0v) is 14.0. The first-order valence-electron chi connectivity index (χ1n) is 6.98. The summed E-state index contributed by atoms with van der Waals surface area (Å²) in [5.41, 5.74) is 1.02. The molecule has 0 spiro atoms. The summed E-state index contributed by atoms with van der Waals surface area (Å²) in [6, 6.07) is 6.74. The molecular weight excluding hydrogens is 304 g/mol. The molecule has 0 saturated heterocycles. The van der Waals surface area contributed by atoms with Gasteiger partial charge in [0.15, 0.2) is 0 Å². The van der Waals surface area contributed by atoms with Crippen molar-refractivity contribution in [3.8, 4) is 6.07 Å². The maximum atomic E-state index is 12.5. The number of nitrogens with one attached hydrogen (secondary N) is 1. The minimum Gasteiger partial charge on any atom is -0.210 e. The molecule has 1 aromatic rings. The second kappa shape index (κ2) is 6.39. The predicted octanol–water partition coefficient (Wildman–Crippen LogP) is 2.82. The minimum absolute atomic E-state index is 0.0216. The second-order valence-corrected chi connectivity index (χ2v) is 8.52. The van der Waals surface area contributed by atoms with Crippen molar-refractivity contribution < 1.29 is 8.42 Å². The molecule has 114 valence electrons. The molecule has 0 unspecified atom stereocenters. The second-order valence-electron chi connectivity index (χ2n) is 5.51. The number of rotatable bonds is 5. The SMILES string of the molecule is CSC1(CNS(=O)(=O)c2cc(C#N)ccc2C)CCCC1. The summed E-state index contributed by atoms with van der Waals surface area (Å²) in [7, 11) is -3.57. The van der Waals surface area contributed by atoms with E-state index in [1.807, 2.05) is 12.3 Å². The third-order valence-corrected chi connectivity index (χ3v) is 7.10. The first-order valence-corrected chi connectivity index (χ1v) is 9.69. The van der Waals surface area contributed by atoms with Crippen LogP contribution in [-0.2, 0) is 10.0 Å². The Kier molecular flexibility index (Phi) is 4.97. The van der Waals surface area contributed by atoms with E-state index >= 15 is 0 Å². The highest BCUT2D eigenvalue weighted by atomic mass is 32.2. The van der Waals surface area contributed by atoms with Crippen molar-refractivity contribution in [2.45, 2.75) is 42.2 Å². The lowest BCUT2D eigenvalue weighted by molar-refractivity contribution is 0.551. The first kappa shape index (κ1) is 16.3. The van der Waals surface area contributed by atoms with Gasteiger partial charge in [0.2, 0.25) is 10.0 Å². The number of nitrogens with zero attached hydrogens (tertiary/aromatic N) is 1. The molecule has 2 rings (SSSR count). The van der Waals surface area contributed by atoms with E-state index < -0.39 is 10.0 Å². The number of nitriles is 1. The van der Waals surface area contributed by atoms with Crippen LogP contribution in [0.4, 0.5) is 0 Å². The standard InChI is InChI=1S/C15H20N2O2S2/c1-12-5-6-13(10-16)9-14(12)21(18,19)17-11-15(20-2)7-3-4-8-15/h5-6,9,17H,3-4,7-8,11H2,1-2H3. The lowest BCUT2D eigenvalue weighted by Gasteiger charge is -2.27. The minimum atomic E-state index is -3.57. The number of hydrogen-bond acceptors (Lipinski definition) is 4. The maximum Gasteiger partial charge on any atom is 0.240 e. The van der Waals surface area contributed by atoms with Crippen LogP contribution < -0.4 is 4.72 Å². The molecule has 1 aliphatic carbocycles. The Bertz CT molecular complexity index is 657. The molecule has 6 heteroatoms. The Hall–Kier alpha value is -1.03. The van der Waals surface area contributed by atoms with Crippen molar-refractivity contribution >= 4 is 21.8 Å². The van der Waals surface area contributed by atoms with Crippen LogP contribution in [-0.4, -0.2) is 26.0 Å². The Morgan fingerprint density at radius 2 is 2.05 bits per heavy atom. The van der Waals surface area contributed by atoms with E-state index in [4.69, 9.17) is 5.26 Å². The predicted molar refractivity (Wildman–Crippen MR) is 85.8 cm³/mol. The molecule has 1 aliphatic rings.